The largest absolute Gasteiger partial charge is 0.308 e. The average Bonchev–Trinajstić information content (AvgIpc) is 3.00. The Hall–Kier alpha value is -2.72. The molecule has 0 radical (unpaired) electrons. The molecule has 0 N–H and O–H groups in total. The van der Waals surface area contributed by atoms with E-state index in [0.29, 0.717) is 16.7 Å². The lowest BCUT2D eigenvalue weighted by Gasteiger charge is -2.05. The predicted molar refractivity (Wildman–Crippen MR) is 101 cm³/mol. The molecule has 1 aromatic heterocycles. The fourth-order valence-electron chi connectivity index (χ4n) is 2.34. The van der Waals surface area contributed by atoms with Crippen molar-refractivity contribution in [3.8, 4) is 0 Å². The van der Waals surface area contributed by atoms with Gasteiger partial charge in [-0.05, 0) is 17.7 Å². The van der Waals surface area contributed by atoms with E-state index >= 15 is 0 Å². The number of nitro groups is 1. The second-order valence-corrected chi connectivity index (χ2v) is 8.67. The van der Waals surface area contributed by atoms with Crippen LogP contribution in [0.15, 0.2) is 64.6 Å². The minimum absolute atomic E-state index is 0.0378. The first-order valence-corrected chi connectivity index (χ1v) is 10.5. The lowest BCUT2D eigenvalue weighted by Crippen LogP contribution is -2.09. The maximum Gasteiger partial charge on any atom is 0.269 e. The molecule has 0 aliphatic heterocycles. The number of rotatable bonds is 7. The topological polar surface area (TPSA) is 108 Å². The molecule has 0 amide bonds. The predicted octanol–water partition coefficient (Wildman–Crippen LogP) is 2.99. The quantitative estimate of drug-likeness (QED) is 0.338. The first-order valence-electron chi connectivity index (χ1n) is 7.89. The van der Waals surface area contributed by atoms with Crippen molar-refractivity contribution in [2.75, 3.05) is 0 Å². The van der Waals surface area contributed by atoms with Gasteiger partial charge in [0.05, 0.1) is 9.82 Å². The van der Waals surface area contributed by atoms with Crippen LogP contribution in [0.4, 0.5) is 5.69 Å². The Kier molecular flexibility index (Phi) is 5.57. The number of hydrogen-bond acceptors (Lipinski definition) is 7. The number of nitrogens with zero attached hydrogens (tertiary/aromatic N) is 4. The zero-order valence-corrected chi connectivity index (χ0v) is 16.0. The highest BCUT2D eigenvalue weighted by molar-refractivity contribution is 7.98. The van der Waals surface area contributed by atoms with Crippen LogP contribution < -0.4 is 0 Å². The number of benzene rings is 2. The molecule has 0 bridgehead atoms. The van der Waals surface area contributed by atoms with Gasteiger partial charge < -0.3 is 4.57 Å². The van der Waals surface area contributed by atoms with Crippen molar-refractivity contribution in [2.45, 2.75) is 21.6 Å². The van der Waals surface area contributed by atoms with Gasteiger partial charge in [0.25, 0.3) is 5.69 Å². The Labute approximate surface area is 160 Å². The SMILES string of the molecule is Cn1c(CS(=O)(=O)c2ccccc2)nnc1SCc1ccc([N+](=O)[O-])cc1. The third-order valence-electron chi connectivity index (χ3n) is 3.86. The molecule has 0 unspecified atom stereocenters. The summed E-state index contributed by atoms with van der Waals surface area (Å²) in [6, 6.07) is 14.5. The zero-order valence-electron chi connectivity index (χ0n) is 14.3. The molecule has 2 aromatic carbocycles. The standard InChI is InChI=1S/C17H16N4O4S2/c1-20-16(12-27(24,25)15-5-3-2-4-6-15)18-19-17(20)26-11-13-7-9-14(10-8-13)21(22)23/h2-10H,11-12H2,1H3. The second kappa shape index (κ2) is 7.89. The highest BCUT2D eigenvalue weighted by Gasteiger charge is 2.20. The van der Waals surface area contributed by atoms with Crippen LogP contribution in [0.2, 0.25) is 0 Å². The third kappa shape index (κ3) is 4.52. The summed E-state index contributed by atoms with van der Waals surface area (Å²) in [6.07, 6.45) is 0. The van der Waals surface area contributed by atoms with Crippen molar-refractivity contribution < 1.29 is 13.3 Å². The molecule has 8 nitrogen and oxygen atoms in total. The molecular formula is C17H16N4O4S2. The van der Waals surface area contributed by atoms with Crippen molar-refractivity contribution in [3.05, 3.63) is 76.1 Å². The van der Waals surface area contributed by atoms with Crippen LogP contribution in [0.1, 0.15) is 11.4 Å². The Morgan fingerprint density at radius 3 is 2.37 bits per heavy atom. The summed E-state index contributed by atoms with van der Waals surface area (Å²) in [6.45, 7) is 0. The first-order chi connectivity index (χ1) is 12.9. The third-order valence-corrected chi connectivity index (χ3v) is 6.58. The van der Waals surface area contributed by atoms with Gasteiger partial charge in [-0.25, -0.2) is 8.42 Å². The number of nitro benzene ring substituents is 1. The first kappa shape index (κ1) is 19.1. The summed E-state index contributed by atoms with van der Waals surface area (Å²) >= 11 is 1.38. The van der Waals surface area contributed by atoms with Crippen LogP contribution in [0.5, 0.6) is 0 Å². The van der Waals surface area contributed by atoms with Crippen molar-refractivity contribution in [3.63, 3.8) is 0 Å². The molecule has 0 atom stereocenters. The van der Waals surface area contributed by atoms with E-state index < -0.39 is 14.8 Å². The van der Waals surface area contributed by atoms with Crippen LogP contribution in [-0.4, -0.2) is 28.1 Å². The Bertz CT molecular complexity index is 1050. The molecule has 1 heterocycles. The minimum Gasteiger partial charge on any atom is -0.308 e. The van der Waals surface area contributed by atoms with Crippen LogP contribution in [0.3, 0.4) is 0 Å². The van der Waals surface area contributed by atoms with Gasteiger partial charge in [0, 0.05) is 24.9 Å². The van der Waals surface area contributed by atoms with Gasteiger partial charge in [0.2, 0.25) is 0 Å². The summed E-state index contributed by atoms with van der Waals surface area (Å²) in [4.78, 5) is 10.5. The molecule has 0 fully saturated rings. The molecule has 0 aliphatic rings. The van der Waals surface area contributed by atoms with E-state index in [1.54, 1.807) is 54.1 Å². The van der Waals surface area contributed by atoms with Crippen molar-refractivity contribution in [1.29, 1.82) is 0 Å². The highest BCUT2D eigenvalue weighted by atomic mass is 32.2. The normalized spacial score (nSPS) is 11.4. The van der Waals surface area contributed by atoms with E-state index in [2.05, 4.69) is 10.2 Å². The molecule has 0 aliphatic carbocycles. The molecular weight excluding hydrogens is 388 g/mol. The van der Waals surface area contributed by atoms with Crippen LogP contribution in [-0.2, 0) is 28.4 Å². The summed E-state index contributed by atoms with van der Waals surface area (Å²) in [7, 11) is -1.78. The molecule has 0 spiro atoms. The van der Waals surface area contributed by atoms with Gasteiger partial charge >= 0.3 is 0 Å². The zero-order chi connectivity index (χ0) is 19.4. The highest BCUT2D eigenvalue weighted by Crippen LogP contribution is 2.24. The molecule has 3 aromatic rings. The lowest BCUT2D eigenvalue weighted by atomic mass is 10.2. The molecule has 27 heavy (non-hydrogen) atoms. The Balaban J connectivity index is 1.69. The molecule has 10 heteroatoms. The average molecular weight is 404 g/mol. The van der Waals surface area contributed by atoms with E-state index in [1.165, 1.54) is 23.9 Å². The maximum atomic E-state index is 12.5. The number of aromatic nitrogens is 3. The summed E-state index contributed by atoms with van der Waals surface area (Å²) in [5, 5.41) is 19.3. The van der Waals surface area contributed by atoms with Gasteiger partial charge in [-0.1, -0.05) is 42.1 Å². The van der Waals surface area contributed by atoms with Gasteiger partial charge in [0.15, 0.2) is 15.0 Å². The Morgan fingerprint density at radius 1 is 1.07 bits per heavy atom. The minimum atomic E-state index is -3.50. The number of non-ortho nitro benzene ring substituents is 1. The van der Waals surface area contributed by atoms with E-state index in [1.807, 2.05) is 0 Å². The molecule has 0 saturated carbocycles. The summed E-state index contributed by atoms with van der Waals surface area (Å²) in [5.41, 5.74) is 0.933. The molecule has 140 valence electrons. The number of hydrogen-bond donors (Lipinski definition) is 0. The van der Waals surface area contributed by atoms with Crippen LogP contribution in [0, 0.1) is 10.1 Å². The van der Waals surface area contributed by atoms with E-state index in [4.69, 9.17) is 0 Å². The van der Waals surface area contributed by atoms with E-state index in [9.17, 15) is 18.5 Å². The van der Waals surface area contributed by atoms with Gasteiger partial charge in [-0.2, -0.15) is 0 Å². The Morgan fingerprint density at radius 2 is 1.74 bits per heavy atom. The second-order valence-electron chi connectivity index (χ2n) is 5.74. The molecule has 3 rings (SSSR count). The monoisotopic (exact) mass is 404 g/mol. The van der Waals surface area contributed by atoms with Gasteiger partial charge in [-0.15, -0.1) is 10.2 Å². The van der Waals surface area contributed by atoms with Crippen LogP contribution in [0.25, 0.3) is 0 Å². The van der Waals surface area contributed by atoms with Gasteiger partial charge in [-0.3, -0.25) is 10.1 Å². The summed E-state index contributed by atoms with van der Waals surface area (Å²) < 4.78 is 26.6. The van der Waals surface area contributed by atoms with E-state index in [-0.39, 0.29) is 16.3 Å². The lowest BCUT2D eigenvalue weighted by molar-refractivity contribution is -0.384. The fraction of sp³-hybridized carbons (Fsp3) is 0.176. The van der Waals surface area contributed by atoms with Crippen molar-refractivity contribution in [1.82, 2.24) is 14.8 Å². The molecule has 0 saturated heterocycles. The maximum absolute atomic E-state index is 12.5. The summed E-state index contributed by atoms with van der Waals surface area (Å²) in [5.74, 6) is 0.652. The van der Waals surface area contributed by atoms with Crippen LogP contribution >= 0.6 is 11.8 Å². The smallest absolute Gasteiger partial charge is 0.269 e. The van der Waals surface area contributed by atoms with Crippen molar-refractivity contribution >= 4 is 27.3 Å². The van der Waals surface area contributed by atoms with Crippen molar-refractivity contribution in [2.24, 2.45) is 7.05 Å². The van der Waals surface area contributed by atoms with E-state index in [0.717, 1.165) is 5.56 Å². The fourth-order valence-corrected chi connectivity index (χ4v) is 4.55. The number of thioether (sulfide) groups is 1. The number of sulfone groups is 1. The van der Waals surface area contributed by atoms with Gasteiger partial charge in [0.1, 0.15) is 11.6 Å².